The van der Waals surface area contributed by atoms with Gasteiger partial charge in [-0.25, -0.2) is 13.8 Å². The molecule has 1 aromatic rings. The van der Waals surface area contributed by atoms with Gasteiger partial charge in [-0.15, -0.1) is 0 Å². The number of aromatic nitrogens is 1. The molecule has 0 saturated heterocycles. The van der Waals surface area contributed by atoms with Crippen LogP contribution in [-0.2, 0) is 16.0 Å². The summed E-state index contributed by atoms with van der Waals surface area (Å²) in [7, 11) is 2.51. The maximum atomic E-state index is 12.8. The number of esters is 1. The Bertz CT molecular complexity index is 421. The predicted molar refractivity (Wildman–Crippen MR) is 56.2 cm³/mol. The van der Waals surface area contributed by atoms with E-state index in [0.29, 0.717) is 5.69 Å². The fraction of sp³-hybridized carbons (Fsp3) is 0.455. The van der Waals surface area contributed by atoms with Crippen LogP contribution in [0.1, 0.15) is 23.2 Å². The number of alkyl halides is 2. The molecular weight excluding hydrogens is 232 g/mol. The Hall–Kier alpha value is -1.72. The van der Waals surface area contributed by atoms with Crippen LogP contribution in [0.15, 0.2) is 6.07 Å². The molecule has 0 amide bonds. The van der Waals surface area contributed by atoms with Gasteiger partial charge < -0.3 is 9.47 Å². The second kappa shape index (κ2) is 5.56. The molecule has 0 N–H and O–H groups in total. The van der Waals surface area contributed by atoms with E-state index < -0.39 is 12.4 Å². The molecule has 0 aliphatic heterocycles. The molecule has 4 nitrogen and oxygen atoms in total. The molecule has 1 rings (SSSR count). The fourth-order valence-electron chi connectivity index (χ4n) is 1.45. The van der Waals surface area contributed by atoms with E-state index in [1.165, 1.54) is 20.3 Å². The zero-order valence-electron chi connectivity index (χ0n) is 9.79. The van der Waals surface area contributed by atoms with Gasteiger partial charge in [0.15, 0.2) is 0 Å². The quantitative estimate of drug-likeness (QED) is 0.762. The first kappa shape index (κ1) is 13.3. The van der Waals surface area contributed by atoms with Crippen LogP contribution in [0.4, 0.5) is 8.78 Å². The average Bonchev–Trinajstić information content (AvgIpc) is 2.30. The van der Waals surface area contributed by atoms with Crippen LogP contribution < -0.4 is 4.74 Å². The number of hydrogen-bond acceptors (Lipinski definition) is 4. The molecule has 0 aliphatic carbocycles. The number of carbonyl (C=O) groups is 1. The van der Waals surface area contributed by atoms with Crippen molar-refractivity contribution in [3.05, 3.63) is 22.9 Å². The number of aryl methyl sites for hydroxylation is 1. The molecule has 0 atom stereocenters. The lowest BCUT2D eigenvalue weighted by Gasteiger charge is -2.12. The summed E-state index contributed by atoms with van der Waals surface area (Å²) in [6, 6.07) is 1.24. The zero-order valence-corrected chi connectivity index (χ0v) is 9.79. The SMILES string of the molecule is COC(=O)Cc1c(C(F)F)cc(C)nc1OC. The molecule has 0 spiro atoms. The molecular formula is C11H13F2NO3. The highest BCUT2D eigenvalue weighted by atomic mass is 19.3. The molecule has 0 unspecified atom stereocenters. The lowest BCUT2D eigenvalue weighted by atomic mass is 10.1. The predicted octanol–water partition coefficient (Wildman–Crippen LogP) is 2.05. The molecule has 94 valence electrons. The normalized spacial score (nSPS) is 10.5. The van der Waals surface area contributed by atoms with Gasteiger partial charge in [-0.05, 0) is 13.0 Å². The average molecular weight is 245 g/mol. The summed E-state index contributed by atoms with van der Waals surface area (Å²) in [5.41, 5.74) is 0.227. The van der Waals surface area contributed by atoms with Crippen molar-refractivity contribution >= 4 is 5.97 Å². The van der Waals surface area contributed by atoms with Gasteiger partial charge in [0.1, 0.15) is 0 Å². The molecule has 0 saturated carbocycles. The summed E-state index contributed by atoms with van der Waals surface area (Å²) in [6.07, 6.45) is -2.97. The molecule has 0 bridgehead atoms. The van der Waals surface area contributed by atoms with Gasteiger partial charge >= 0.3 is 5.97 Å². The van der Waals surface area contributed by atoms with Crippen molar-refractivity contribution in [2.45, 2.75) is 19.8 Å². The van der Waals surface area contributed by atoms with E-state index in [9.17, 15) is 13.6 Å². The number of halogens is 2. The van der Waals surface area contributed by atoms with E-state index in [2.05, 4.69) is 9.72 Å². The van der Waals surface area contributed by atoms with E-state index in [1.807, 2.05) is 0 Å². The third-order valence-electron chi connectivity index (χ3n) is 2.23. The van der Waals surface area contributed by atoms with E-state index in [0.717, 1.165) is 0 Å². The monoisotopic (exact) mass is 245 g/mol. The number of ether oxygens (including phenoxy) is 2. The van der Waals surface area contributed by atoms with Crippen LogP contribution in [0.25, 0.3) is 0 Å². The third-order valence-corrected chi connectivity index (χ3v) is 2.23. The molecule has 6 heteroatoms. The van der Waals surface area contributed by atoms with Crippen LogP contribution in [0, 0.1) is 6.92 Å². The Morgan fingerprint density at radius 3 is 2.59 bits per heavy atom. The van der Waals surface area contributed by atoms with Crippen molar-refractivity contribution in [2.24, 2.45) is 0 Å². The first-order chi connectivity index (χ1) is 7.99. The Morgan fingerprint density at radius 1 is 1.47 bits per heavy atom. The summed E-state index contributed by atoms with van der Waals surface area (Å²) in [5, 5.41) is 0. The Balaban J connectivity index is 3.26. The molecule has 0 radical (unpaired) electrons. The molecule has 0 aliphatic rings. The standard InChI is InChI=1S/C11H13F2NO3/c1-6-4-7(10(12)13)8(5-9(15)16-2)11(14-6)17-3/h4,10H,5H2,1-3H3. The molecule has 0 aromatic carbocycles. The Kier molecular flexibility index (Phi) is 4.37. The van der Waals surface area contributed by atoms with E-state index >= 15 is 0 Å². The van der Waals surface area contributed by atoms with Gasteiger partial charge in [0.25, 0.3) is 6.43 Å². The topological polar surface area (TPSA) is 48.4 Å². The van der Waals surface area contributed by atoms with Gasteiger partial charge in [-0.1, -0.05) is 0 Å². The number of rotatable bonds is 4. The first-order valence-corrected chi connectivity index (χ1v) is 4.89. The molecule has 17 heavy (non-hydrogen) atoms. The van der Waals surface area contributed by atoms with Gasteiger partial charge in [0.05, 0.1) is 20.6 Å². The highest BCUT2D eigenvalue weighted by molar-refractivity contribution is 5.73. The fourth-order valence-corrected chi connectivity index (χ4v) is 1.45. The maximum absolute atomic E-state index is 12.8. The van der Waals surface area contributed by atoms with E-state index in [4.69, 9.17) is 4.74 Å². The Morgan fingerprint density at radius 2 is 2.12 bits per heavy atom. The van der Waals surface area contributed by atoms with Crippen molar-refractivity contribution in [3.63, 3.8) is 0 Å². The van der Waals surface area contributed by atoms with Crippen molar-refractivity contribution in [3.8, 4) is 5.88 Å². The highest BCUT2D eigenvalue weighted by Gasteiger charge is 2.21. The van der Waals surface area contributed by atoms with Crippen molar-refractivity contribution < 1.29 is 23.0 Å². The summed E-state index contributed by atoms with van der Waals surface area (Å²) < 4.78 is 35.0. The van der Waals surface area contributed by atoms with Crippen LogP contribution in [-0.4, -0.2) is 25.2 Å². The second-order valence-corrected chi connectivity index (χ2v) is 3.39. The van der Waals surface area contributed by atoms with Gasteiger partial charge in [0.2, 0.25) is 5.88 Å². The van der Waals surface area contributed by atoms with Gasteiger partial charge in [-0.3, -0.25) is 4.79 Å². The van der Waals surface area contributed by atoms with E-state index in [-0.39, 0.29) is 23.4 Å². The van der Waals surface area contributed by atoms with Crippen LogP contribution in [0.3, 0.4) is 0 Å². The van der Waals surface area contributed by atoms with Gasteiger partial charge in [-0.2, -0.15) is 0 Å². The summed E-state index contributed by atoms with van der Waals surface area (Å²) >= 11 is 0. The number of hydrogen-bond donors (Lipinski definition) is 0. The van der Waals surface area contributed by atoms with Crippen LogP contribution >= 0.6 is 0 Å². The number of methoxy groups -OCH3 is 2. The molecule has 1 aromatic heterocycles. The van der Waals surface area contributed by atoms with Crippen molar-refractivity contribution in [2.75, 3.05) is 14.2 Å². The summed E-state index contributed by atoms with van der Waals surface area (Å²) in [4.78, 5) is 15.1. The minimum atomic E-state index is -2.69. The Labute approximate surface area is 97.6 Å². The van der Waals surface area contributed by atoms with Crippen LogP contribution in [0.5, 0.6) is 5.88 Å². The smallest absolute Gasteiger partial charge is 0.310 e. The minimum Gasteiger partial charge on any atom is -0.481 e. The van der Waals surface area contributed by atoms with Crippen LogP contribution in [0.2, 0.25) is 0 Å². The van der Waals surface area contributed by atoms with Gasteiger partial charge in [0, 0.05) is 16.8 Å². The number of pyridine rings is 1. The number of carbonyl (C=O) groups excluding carboxylic acids is 1. The lowest BCUT2D eigenvalue weighted by molar-refractivity contribution is -0.139. The maximum Gasteiger partial charge on any atom is 0.310 e. The third kappa shape index (κ3) is 3.12. The number of nitrogens with zero attached hydrogens (tertiary/aromatic N) is 1. The zero-order chi connectivity index (χ0) is 13.0. The van der Waals surface area contributed by atoms with Crippen molar-refractivity contribution in [1.29, 1.82) is 0 Å². The lowest BCUT2D eigenvalue weighted by Crippen LogP contribution is -2.10. The summed E-state index contributed by atoms with van der Waals surface area (Å²) in [5.74, 6) is -0.582. The summed E-state index contributed by atoms with van der Waals surface area (Å²) in [6.45, 7) is 1.58. The van der Waals surface area contributed by atoms with E-state index in [1.54, 1.807) is 6.92 Å². The highest BCUT2D eigenvalue weighted by Crippen LogP contribution is 2.29. The first-order valence-electron chi connectivity index (χ1n) is 4.89. The second-order valence-electron chi connectivity index (χ2n) is 3.39. The molecule has 0 fully saturated rings. The van der Waals surface area contributed by atoms with Crippen molar-refractivity contribution in [1.82, 2.24) is 4.98 Å². The largest absolute Gasteiger partial charge is 0.481 e. The molecule has 1 heterocycles. The minimum absolute atomic E-state index is 0.0331.